The van der Waals surface area contributed by atoms with E-state index >= 15 is 0 Å². The number of carbonyl (C=O) groups is 3. The molecule has 0 spiro atoms. The highest BCUT2D eigenvalue weighted by Crippen LogP contribution is 2.33. The summed E-state index contributed by atoms with van der Waals surface area (Å²) in [6.45, 7) is 4.99. The number of fused-ring (bicyclic) bond motifs is 2. The van der Waals surface area contributed by atoms with Crippen LogP contribution in [0.1, 0.15) is 70.6 Å². The number of hydrogen-bond donors (Lipinski definition) is 1. The summed E-state index contributed by atoms with van der Waals surface area (Å²) in [5.74, 6) is -1.53. The lowest BCUT2D eigenvalue weighted by Gasteiger charge is -2.21. The number of anilines is 2. The zero-order valence-electron chi connectivity index (χ0n) is 22.8. The number of carbonyl (C=O) groups excluding carboxylic acids is 3. The van der Waals surface area contributed by atoms with E-state index in [1.165, 1.54) is 6.07 Å². The molecular weight excluding hydrogens is 560 g/mol. The minimum absolute atomic E-state index is 0.131. The first-order valence-corrected chi connectivity index (χ1v) is 15.8. The smallest absolute Gasteiger partial charge is 0.266 e. The highest BCUT2D eigenvalue weighted by atomic mass is 32.2. The second kappa shape index (κ2) is 11.9. The van der Waals surface area contributed by atoms with Crippen molar-refractivity contribution < 1.29 is 22.8 Å². The van der Waals surface area contributed by atoms with Crippen LogP contribution in [0.3, 0.4) is 0 Å². The normalized spacial score (nSPS) is 13.3. The lowest BCUT2D eigenvalue weighted by molar-refractivity contribution is 0.0926. The van der Waals surface area contributed by atoms with Crippen molar-refractivity contribution in [1.29, 1.82) is 0 Å². The van der Waals surface area contributed by atoms with Gasteiger partial charge >= 0.3 is 0 Å². The Morgan fingerprint density at radius 1 is 0.902 bits per heavy atom. The number of sulfonamides is 1. The van der Waals surface area contributed by atoms with Crippen LogP contribution >= 0.6 is 11.3 Å². The van der Waals surface area contributed by atoms with Crippen molar-refractivity contribution in [1.82, 2.24) is 9.29 Å². The molecule has 1 aromatic heterocycles. The van der Waals surface area contributed by atoms with E-state index in [1.54, 1.807) is 65.0 Å². The molecule has 2 heterocycles. The Balaban J connectivity index is 1.40. The number of nitrogens with zero attached hydrogens (tertiary/aromatic N) is 3. The van der Waals surface area contributed by atoms with Gasteiger partial charge < -0.3 is 0 Å². The fourth-order valence-corrected chi connectivity index (χ4v) is 7.24. The summed E-state index contributed by atoms with van der Waals surface area (Å²) < 4.78 is 29.0. The van der Waals surface area contributed by atoms with Crippen LogP contribution in [0.25, 0.3) is 10.2 Å². The third-order valence-electron chi connectivity index (χ3n) is 6.92. The van der Waals surface area contributed by atoms with Gasteiger partial charge in [-0.1, -0.05) is 62.3 Å². The van der Waals surface area contributed by atoms with Crippen molar-refractivity contribution in [2.24, 2.45) is 0 Å². The van der Waals surface area contributed by atoms with Gasteiger partial charge in [-0.15, -0.1) is 0 Å². The fraction of sp³-hybridized carbons (Fsp3) is 0.267. The molecule has 3 aromatic carbocycles. The maximum atomic E-state index is 13.4. The Kier molecular flexibility index (Phi) is 8.30. The van der Waals surface area contributed by atoms with E-state index in [0.717, 1.165) is 41.9 Å². The van der Waals surface area contributed by atoms with Crippen molar-refractivity contribution in [3.05, 3.63) is 83.4 Å². The third kappa shape index (κ3) is 5.52. The molecule has 11 heteroatoms. The number of unbranched alkanes of at least 4 members (excludes halogenated alkanes) is 2. The lowest BCUT2D eigenvalue weighted by Crippen LogP contribution is -2.33. The van der Waals surface area contributed by atoms with E-state index in [4.69, 9.17) is 0 Å². The summed E-state index contributed by atoms with van der Waals surface area (Å²) in [6.07, 6.45) is 3.35. The maximum absolute atomic E-state index is 13.4. The first-order valence-electron chi connectivity index (χ1n) is 13.5. The third-order valence-corrected chi connectivity index (χ3v) is 9.75. The minimum atomic E-state index is -3.69. The average molecular weight is 591 g/mol. The highest BCUT2D eigenvalue weighted by molar-refractivity contribution is 7.89. The van der Waals surface area contributed by atoms with Crippen LogP contribution in [0.5, 0.6) is 0 Å². The standard InChI is InChI=1S/C30H30N4O5S2/c1-3-5-17-33(18-6-4-2)41(38,39)20-15-16-24-26(19-20)40-30(31-24)32-27(35)23-13-9-10-14-25(23)34-28(36)21-11-7-8-12-22(21)29(34)37/h7-16,19H,3-6,17-18H2,1-2H3,(H,31,32,35). The molecule has 0 saturated carbocycles. The number of imide groups is 1. The van der Waals surface area contributed by atoms with Gasteiger partial charge in [-0.25, -0.2) is 18.3 Å². The molecule has 9 nitrogen and oxygen atoms in total. The van der Waals surface area contributed by atoms with E-state index in [1.807, 2.05) is 13.8 Å². The molecule has 41 heavy (non-hydrogen) atoms. The summed E-state index contributed by atoms with van der Waals surface area (Å²) in [5.41, 5.74) is 1.42. The van der Waals surface area contributed by atoms with E-state index in [0.29, 0.717) is 23.3 Å². The summed E-state index contributed by atoms with van der Waals surface area (Å²) in [4.78, 5) is 45.1. The molecule has 4 aromatic rings. The van der Waals surface area contributed by atoms with Crippen LogP contribution in [0.15, 0.2) is 71.6 Å². The van der Waals surface area contributed by atoms with E-state index in [-0.39, 0.29) is 32.4 Å². The fourth-order valence-electron chi connectivity index (χ4n) is 4.72. The zero-order chi connectivity index (χ0) is 29.1. The quantitative estimate of drug-likeness (QED) is 0.216. The average Bonchev–Trinajstić information content (AvgIpc) is 3.49. The topological polar surface area (TPSA) is 117 Å². The second-order valence-electron chi connectivity index (χ2n) is 9.72. The number of para-hydroxylation sites is 1. The van der Waals surface area contributed by atoms with E-state index < -0.39 is 27.7 Å². The Morgan fingerprint density at radius 3 is 2.15 bits per heavy atom. The predicted molar refractivity (Wildman–Crippen MR) is 160 cm³/mol. The summed E-state index contributed by atoms with van der Waals surface area (Å²) in [6, 6.07) is 17.7. The lowest BCUT2D eigenvalue weighted by atomic mass is 10.1. The molecule has 0 atom stereocenters. The Hall–Kier alpha value is -3.93. The van der Waals surface area contributed by atoms with Crippen LogP contribution in [-0.4, -0.2) is 48.5 Å². The number of thiazole rings is 1. The van der Waals surface area contributed by atoms with Gasteiger partial charge in [0.2, 0.25) is 10.0 Å². The highest BCUT2D eigenvalue weighted by Gasteiger charge is 2.38. The van der Waals surface area contributed by atoms with Gasteiger partial charge in [0.1, 0.15) is 0 Å². The van der Waals surface area contributed by atoms with Gasteiger partial charge in [0.15, 0.2) is 5.13 Å². The van der Waals surface area contributed by atoms with Gasteiger partial charge in [-0.05, 0) is 55.3 Å². The number of rotatable bonds is 11. The number of benzene rings is 3. The molecule has 0 fully saturated rings. The van der Waals surface area contributed by atoms with Crippen LogP contribution < -0.4 is 10.2 Å². The van der Waals surface area contributed by atoms with E-state index in [9.17, 15) is 22.8 Å². The molecule has 0 radical (unpaired) electrons. The molecule has 0 saturated heterocycles. The second-order valence-corrected chi connectivity index (χ2v) is 12.7. The van der Waals surface area contributed by atoms with Gasteiger partial charge in [-0.2, -0.15) is 4.31 Å². The molecule has 1 aliphatic rings. The van der Waals surface area contributed by atoms with Crippen molar-refractivity contribution in [2.75, 3.05) is 23.3 Å². The molecule has 1 aliphatic heterocycles. The van der Waals surface area contributed by atoms with Crippen molar-refractivity contribution in [2.45, 2.75) is 44.4 Å². The Labute approximate surface area is 242 Å². The maximum Gasteiger partial charge on any atom is 0.266 e. The first kappa shape index (κ1) is 28.6. The zero-order valence-corrected chi connectivity index (χ0v) is 24.4. The Morgan fingerprint density at radius 2 is 1.51 bits per heavy atom. The summed E-state index contributed by atoms with van der Waals surface area (Å²) >= 11 is 1.15. The molecule has 1 N–H and O–H groups in total. The van der Waals surface area contributed by atoms with Gasteiger partial charge in [0.05, 0.1) is 37.5 Å². The molecule has 0 bridgehead atoms. The van der Waals surface area contributed by atoms with Crippen LogP contribution in [0.2, 0.25) is 0 Å². The molecule has 212 valence electrons. The van der Waals surface area contributed by atoms with E-state index in [2.05, 4.69) is 10.3 Å². The predicted octanol–water partition coefficient (Wildman–Crippen LogP) is 5.94. The molecule has 3 amide bonds. The molecule has 5 rings (SSSR count). The summed E-state index contributed by atoms with van der Waals surface area (Å²) in [5, 5.41) is 3.03. The largest absolute Gasteiger partial charge is 0.298 e. The van der Waals surface area contributed by atoms with Gasteiger partial charge in [-0.3, -0.25) is 19.7 Å². The molecular formula is C30H30N4O5S2. The number of amides is 3. The molecule has 0 unspecified atom stereocenters. The minimum Gasteiger partial charge on any atom is -0.298 e. The number of nitrogens with one attached hydrogen (secondary N) is 1. The van der Waals surface area contributed by atoms with Crippen molar-refractivity contribution >= 4 is 60.1 Å². The van der Waals surface area contributed by atoms with Crippen LogP contribution in [-0.2, 0) is 10.0 Å². The Bertz CT molecular complexity index is 1710. The number of hydrogen-bond acceptors (Lipinski definition) is 7. The molecule has 0 aliphatic carbocycles. The van der Waals surface area contributed by atoms with Crippen LogP contribution in [0.4, 0.5) is 10.8 Å². The first-order chi connectivity index (χ1) is 19.8. The number of aromatic nitrogens is 1. The van der Waals surface area contributed by atoms with Crippen molar-refractivity contribution in [3.8, 4) is 0 Å². The van der Waals surface area contributed by atoms with Gasteiger partial charge in [0.25, 0.3) is 17.7 Å². The summed E-state index contributed by atoms with van der Waals surface area (Å²) in [7, 11) is -3.69. The van der Waals surface area contributed by atoms with Gasteiger partial charge in [0, 0.05) is 13.1 Å². The SMILES string of the molecule is CCCCN(CCCC)S(=O)(=O)c1ccc2nc(NC(=O)c3ccccc3N3C(=O)c4ccccc4C3=O)sc2c1. The van der Waals surface area contributed by atoms with Crippen molar-refractivity contribution in [3.63, 3.8) is 0 Å². The monoisotopic (exact) mass is 590 g/mol. The van der Waals surface area contributed by atoms with Crippen LogP contribution in [0, 0.1) is 0 Å².